The van der Waals surface area contributed by atoms with Crippen LogP contribution in [0.1, 0.15) is 12.5 Å². The minimum atomic E-state index is -0.510. The first-order chi connectivity index (χ1) is 9.15. The molecule has 0 aliphatic heterocycles. The second-order valence-corrected chi connectivity index (χ2v) is 3.98. The van der Waals surface area contributed by atoms with Crippen LogP contribution >= 0.6 is 0 Å². The third kappa shape index (κ3) is 2.84. The van der Waals surface area contributed by atoms with Crippen LogP contribution in [0.4, 0.5) is 8.78 Å². The monoisotopic (exact) mass is 264 g/mol. The maximum atomic E-state index is 13.7. The van der Waals surface area contributed by atoms with Crippen LogP contribution in [0, 0.1) is 11.6 Å². The molecule has 0 atom stereocenters. The maximum Gasteiger partial charge on any atom is 0.172 e. The van der Waals surface area contributed by atoms with E-state index < -0.39 is 11.6 Å². The first kappa shape index (κ1) is 13.3. The van der Waals surface area contributed by atoms with Crippen molar-refractivity contribution in [3.05, 3.63) is 53.6 Å². The number of hydrogen-bond acceptors (Lipinski definition) is 2. The summed E-state index contributed by atoms with van der Waals surface area (Å²) in [5.41, 5.74) is 0.526. The number of rotatable bonds is 4. The molecule has 0 saturated heterocycles. The largest absolute Gasteiger partial charge is 0.493 e. The summed E-state index contributed by atoms with van der Waals surface area (Å²) < 4.78 is 37.8. The molecular weight excluding hydrogens is 250 g/mol. The Morgan fingerprint density at radius 1 is 0.947 bits per heavy atom. The molecule has 100 valence electrons. The summed E-state index contributed by atoms with van der Waals surface area (Å²) in [5, 5.41) is 0. The molecule has 0 amide bonds. The quantitative estimate of drug-likeness (QED) is 0.818. The number of para-hydroxylation sites is 1. The summed E-state index contributed by atoms with van der Waals surface area (Å²) in [4.78, 5) is 0. The molecule has 2 nitrogen and oxygen atoms in total. The smallest absolute Gasteiger partial charge is 0.172 e. The Labute approximate surface area is 110 Å². The number of halogens is 2. The van der Waals surface area contributed by atoms with Crippen molar-refractivity contribution in [1.29, 1.82) is 0 Å². The van der Waals surface area contributed by atoms with Crippen LogP contribution < -0.4 is 9.47 Å². The van der Waals surface area contributed by atoms with E-state index in [1.165, 1.54) is 25.3 Å². The number of methoxy groups -OCH3 is 1. The molecule has 0 aromatic heterocycles. The van der Waals surface area contributed by atoms with Gasteiger partial charge in [-0.3, -0.25) is 0 Å². The van der Waals surface area contributed by atoms with Crippen molar-refractivity contribution in [2.45, 2.75) is 13.3 Å². The molecule has 0 aliphatic carbocycles. The number of ether oxygens (including phenoxy) is 2. The van der Waals surface area contributed by atoms with Gasteiger partial charge in [0, 0.05) is 6.07 Å². The van der Waals surface area contributed by atoms with E-state index in [4.69, 9.17) is 9.47 Å². The molecule has 0 fully saturated rings. The number of benzene rings is 2. The fourth-order valence-corrected chi connectivity index (χ4v) is 1.73. The zero-order chi connectivity index (χ0) is 13.8. The first-order valence-electron chi connectivity index (χ1n) is 5.94. The lowest BCUT2D eigenvalue weighted by atomic mass is 10.1. The molecule has 0 saturated carbocycles. The van der Waals surface area contributed by atoms with Crippen LogP contribution in [0.5, 0.6) is 17.2 Å². The van der Waals surface area contributed by atoms with Gasteiger partial charge < -0.3 is 9.47 Å². The van der Waals surface area contributed by atoms with Crippen molar-refractivity contribution < 1.29 is 18.3 Å². The predicted molar refractivity (Wildman–Crippen MR) is 68.8 cm³/mol. The normalized spacial score (nSPS) is 10.3. The molecule has 0 N–H and O–H groups in total. The minimum Gasteiger partial charge on any atom is -0.493 e. The fraction of sp³-hybridized carbons (Fsp3) is 0.200. The Bertz CT molecular complexity index is 582. The Morgan fingerprint density at radius 3 is 2.32 bits per heavy atom. The van der Waals surface area contributed by atoms with Gasteiger partial charge in [-0.2, -0.15) is 0 Å². The van der Waals surface area contributed by atoms with Crippen molar-refractivity contribution >= 4 is 0 Å². The van der Waals surface area contributed by atoms with Crippen LogP contribution in [0.2, 0.25) is 0 Å². The van der Waals surface area contributed by atoms with Gasteiger partial charge >= 0.3 is 0 Å². The molecule has 0 spiro atoms. The Kier molecular flexibility index (Phi) is 4.00. The van der Waals surface area contributed by atoms with Crippen LogP contribution in [-0.4, -0.2) is 7.11 Å². The third-order valence-corrected chi connectivity index (χ3v) is 2.77. The third-order valence-electron chi connectivity index (χ3n) is 2.77. The van der Waals surface area contributed by atoms with Crippen molar-refractivity contribution in [3.63, 3.8) is 0 Å². The summed E-state index contributed by atoms with van der Waals surface area (Å²) in [6.07, 6.45) is 0.544. The molecule has 19 heavy (non-hydrogen) atoms. The summed E-state index contributed by atoms with van der Waals surface area (Å²) in [5.74, 6) is -0.340. The molecular formula is C15H14F2O2. The van der Waals surface area contributed by atoms with Crippen molar-refractivity contribution in [1.82, 2.24) is 0 Å². The second-order valence-electron chi connectivity index (χ2n) is 3.98. The van der Waals surface area contributed by atoms with Gasteiger partial charge in [-0.25, -0.2) is 8.78 Å². The maximum absolute atomic E-state index is 13.7. The van der Waals surface area contributed by atoms with E-state index in [0.717, 1.165) is 0 Å². The van der Waals surface area contributed by atoms with E-state index in [9.17, 15) is 8.78 Å². The molecule has 4 heteroatoms. The molecule has 0 radical (unpaired) electrons. The molecule has 0 unspecified atom stereocenters. The van der Waals surface area contributed by atoms with Gasteiger partial charge in [0.05, 0.1) is 7.11 Å². The van der Waals surface area contributed by atoms with Crippen molar-refractivity contribution in [3.8, 4) is 17.2 Å². The fourth-order valence-electron chi connectivity index (χ4n) is 1.73. The van der Waals surface area contributed by atoms with E-state index in [1.807, 2.05) is 6.92 Å². The highest BCUT2D eigenvalue weighted by Gasteiger charge is 2.13. The average molecular weight is 264 g/mol. The number of hydrogen-bond donors (Lipinski definition) is 0. The average Bonchev–Trinajstić information content (AvgIpc) is 2.42. The predicted octanol–water partition coefficient (Wildman–Crippen LogP) is 4.33. The minimum absolute atomic E-state index is 0.0319. The van der Waals surface area contributed by atoms with E-state index >= 15 is 0 Å². The van der Waals surface area contributed by atoms with Gasteiger partial charge in [0.25, 0.3) is 0 Å². The molecule has 2 aromatic carbocycles. The Hall–Kier alpha value is -2.10. The highest BCUT2D eigenvalue weighted by Crippen LogP contribution is 2.34. The highest BCUT2D eigenvalue weighted by molar-refractivity contribution is 5.46. The van der Waals surface area contributed by atoms with Crippen LogP contribution in [-0.2, 0) is 6.42 Å². The zero-order valence-corrected chi connectivity index (χ0v) is 10.7. The lowest BCUT2D eigenvalue weighted by molar-refractivity contribution is 0.367. The van der Waals surface area contributed by atoms with Crippen LogP contribution in [0.3, 0.4) is 0 Å². The van der Waals surface area contributed by atoms with Gasteiger partial charge in [0.1, 0.15) is 5.82 Å². The Balaban J connectivity index is 2.40. The van der Waals surface area contributed by atoms with Crippen molar-refractivity contribution in [2.75, 3.05) is 7.11 Å². The van der Waals surface area contributed by atoms with Gasteiger partial charge in [0.15, 0.2) is 23.1 Å². The standard InChI is InChI=1S/C15H14F2O2/c1-3-10-8-14(18-2)15(9-12(10)17)19-13-7-5-4-6-11(13)16/h4-9H,3H2,1-2H3. The molecule has 0 bridgehead atoms. The number of aryl methyl sites for hydroxylation is 1. The van der Waals surface area contributed by atoms with Crippen molar-refractivity contribution in [2.24, 2.45) is 0 Å². The zero-order valence-electron chi connectivity index (χ0n) is 10.7. The SMILES string of the molecule is CCc1cc(OC)c(Oc2ccccc2F)cc1F. The molecule has 2 rings (SSSR count). The molecule has 2 aromatic rings. The topological polar surface area (TPSA) is 18.5 Å². The van der Waals surface area contributed by atoms with Gasteiger partial charge in [-0.15, -0.1) is 0 Å². The summed E-state index contributed by atoms with van der Waals surface area (Å²) >= 11 is 0. The van der Waals surface area contributed by atoms with E-state index in [0.29, 0.717) is 17.7 Å². The molecule has 0 aliphatic rings. The van der Waals surface area contributed by atoms with Gasteiger partial charge in [-0.1, -0.05) is 19.1 Å². The Morgan fingerprint density at radius 2 is 1.68 bits per heavy atom. The first-order valence-corrected chi connectivity index (χ1v) is 5.94. The lowest BCUT2D eigenvalue weighted by Gasteiger charge is -2.12. The summed E-state index contributed by atoms with van der Waals surface area (Å²) in [7, 11) is 1.46. The van der Waals surface area contributed by atoms with E-state index in [2.05, 4.69) is 0 Å². The lowest BCUT2D eigenvalue weighted by Crippen LogP contribution is -1.96. The second kappa shape index (κ2) is 5.69. The molecule has 0 heterocycles. The van der Waals surface area contributed by atoms with E-state index in [-0.39, 0.29) is 11.5 Å². The highest BCUT2D eigenvalue weighted by atomic mass is 19.1. The van der Waals surface area contributed by atoms with Crippen LogP contribution in [0.15, 0.2) is 36.4 Å². The van der Waals surface area contributed by atoms with Gasteiger partial charge in [-0.05, 0) is 30.2 Å². The van der Waals surface area contributed by atoms with Crippen LogP contribution in [0.25, 0.3) is 0 Å². The summed E-state index contributed by atoms with van der Waals surface area (Å²) in [6.45, 7) is 1.84. The van der Waals surface area contributed by atoms with Gasteiger partial charge in [0.2, 0.25) is 0 Å². The van der Waals surface area contributed by atoms with E-state index in [1.54, 1.807) is 18.2 Å². The summed E-state index contributed by atoms with van der Waals surface area (Å²) in [6, 6.07) is 8.72.